The summed E-state index contributed by atoms with van der Waals surface area (Å²) >= 11 is 0. The molecule has 0 radical (unpaired) electrons. The van der Waals surface area contributed by atoms with Gasteiger partial charge < -0.3 is 15.7 Å². The van der Waals surface area contributed by atoms with Gasteiger partial charge in [-0.3, -0.25) is 14.4 Å². The fraction of sp³-hybridized carbons (Fsp3) is 0.167. The van der Waals surface area contributed by atoms with E-state index in [4.69, 9.17) is 5.73 Å². The summed E-state index contributed by atoms with van der Waals surface area (Å²) in [5.74, 6) is -0.739. The number of sulfonamides is 1. The Kier molecular flexibility index (Phi) is 4.16. The van der Waals surface area contributed by atoms with Crippen molar-refractivity contribution in [3.8, 4) is 0 Å². The van der Waals surface area contributed by atoms with Crippen LogP contribution in [-0.2, 0) is 27.8 Å². The number of carbonyl (C=O) groups is 1. The molecule has 3 aromatic rings. The molecule has 0 unspecified atom stereocenters. The Bertz CT molecular complexity index is 1330. The number of H-pyrrole nitrogens is 2. The lowest BCUT2D eigenvalue weighted by atomic mass is 9.96. The molecule has 0 saturated heterocycles. The SMILES string of the molecule is NC(=O)[C@@H]1Cc2ccccc2CN1S(=O)(=O)c1ccc2[nH]c(=O)c(=O)[nH]c2c1. The van der Waals surface area contributed by atoms with Gasteiger partial charge in [-0.05, 0) is 35.7 Å². The minimum atomic E-state index is -4.09. The lowest BCUT2D eigenvalue weighted by Crippen LogP contribution is -2.51. The number of rotatable bonds is 3. The van der Waals surface area contributed by atoms with Crippen LogP contribution in [0.2, 0.25) is 0 Å². The molecule has 1 amide bonds. The predicted molar refractivity (Wildman–Crippen MR) is 101 cm³/mol. The van der Waals surface area contributed by atoms with E-state index in [0.29, 0.717) is 5.52 Å². The molecule has 0 aliphatic carbocycles. The zero-order valence-electron chi connectivity index (χ0n) is 14.5. The first-order valence-corrected chi connectivity index (χ1v) is 9.85. The fourth-order valence-corrected chi connectivity index (χ4v) is 4.98. The van der Waals surface area contributed by atoms with Crippen LogP contribution in [0, 0.1) is 0 Å². The molecule has 2 heterocycles. The zero-order valence-corrected chi connectivity index (χ0v) is 15.3. The summed E-state index contributed by atoms with van der Waals surface area (Å²) < 4.78 is 27.6. The minimum absolute atomic E-state index is 0.00624. The molecule has 1 aromatic heterocycles. The van der Waals surface area contributed by atoms with Crippen molar-refractivity contribution in [2.24, 2.45) is 5.73 Å². The van der Waals surface area contributed by atoms with Crippen LogP contribution in [0.15, 0.2) is 56.9 Å². The van der Waals surface area contributed by atoms with Crippen LogP contribution in [0.3, 0.4) is 0 Å². The highest BCUT2D eigenvalue weighted by Crippen LogP contribution is 2.29. The van der Waals surface area contributed by atoms with Gasteiger partial charge in [0.2, 0.25) is 15.9 Å². The van der Waals surface area contributed by atoms with Gasteiger partial charge in [-0.1, -0.05) is 24.3 Å². The maximum absolute atomic E-state index is 13.3. The summed E-state index contributed by atoms with van der Waals surface area (Å²) in [6.07, 6.45) is 0.183. The number of nitrogens with one attached hydrogen (secondary N) is 2. The molecular weight excluding hydrogens is 384 g/mol. The highest BCUT2D eigenvalue weighted by molar-refractivity contribution is 7.89. The Labute approximate surface area is 158 Å². The highest BCUT2D eigenvalue weighted by Gasteiger charge is 2.38. The number of aromatic amines is 2. The van der Waals surface area contributed by atoms with Crippen LogP contribution in [0.4, 0.5) is 0 Å². The van der Waals surface area contributed by atoms with Crippen LogP contribution in [0.1, 0.15) is 11.1 Å². The average Bonchev–Trinajstić information content (AvgIpc) is 2.67. The zero-order chi connectivity index (χ0) is 20.1. The number of hydrogen-bond acceptors (Lipinski definition) is 5. The first-order valence-electron chi connectivity index (χ1n) is 8.41. The maximum Gasteiger partial charge on any atom is 0.314 e. The second-order valence-electron chi connectivity index (χ2n) is 6.56. The molecule has 2 aromatic carbocycles. The number of nitrogens with two attached hydrogens (primary N) is 1. The third kappa shape index (κ3) is 2.92. The molecule has 4 N–H and O–H groups in total. The van der Waals surface area contributed by atoms with Crippen molar-refractivity contribution in [1.82, 2.24) is 14.3 Å². The lowest BCUT2D eigenvalue weighted by Gasteiger charge is -2.34. The van der Waals surface area contributed by atoms with E-state index in [2.05, 4.69) is 9.97 Å². The van der Waals surface area contributed by atoms with Gasteiger partial charge in [0.25, 0.3) is 0 Å². The Morgan fingerprint density at radius 2 is 1.64 bits per heavy atom. The van der Waals surface area contributed by atoms with Crippen molar-refractivity contribution in [2.45, 2.75) is 23.9 Å². The minimum Gasteiger partial charge on any atom is -0.368 e. The normalized spacial score (nSPS) is 17.4. The van der Waals surface area contributed by atoms with Gasteiger partial charge in [-0.2, -0.15) is 4.31 Å². The third-order valence-corrected chi connectivity index (χ3v) is 6.68. The summed E-state index contributed by atoms with van der Waals surface area (Å²) in [5, 5.41) is 0. The average molecular weight is 400 g/mol. The summed E-state index contributed by atoms with van der Waals surface area (Å²) in [5.41, 5.74) is 5.89. The highest BCUT2D eigenvalue weighted by atomic mass is 32.2. The monoisotopic (exact) mass is 400 g/mol. The Morgan fingerprint density at radius 3 is 2.32 bits per heavy atom. The molecule has 4 rings (SSSR count). The number of primary amides is 1. The molecule has 144 valence electrons. The first-order chi connectivity index (χ1) is 13.3. The lowest BCUT2D eigenvalue weighted by molar-refractivity contribution is -0.122. The molecular formula is C18H16N4O5S. The van der Waals surface area contributed by atoms with Crippen LogP contribution in [0.25, 0.3) is 11.0 Å². The van der Waals surface area contributed by atoms with Crippen molar-refractivity contribution in [3.05, 3.63) is 74.3 Å². The molecule has 1 aliphatic heterocycles. The van der Waals surface area contributed by atoms with E-state index in [-0.39, 0.29) is 23.4 Å². The van der Waals surface area contributed by atoms with E-state index in [1.54, 1.807) is 12.1 Å². The second kappa shape index (κ2) is 6.43. The molecule has 28 heavy (non-hydrogen) atoms. The number of benzene rings is 2. The van der Waals surface area contributed by atoms with Crippen molar-refractivity contribution in [1.29, 1.82) is 0 Å². The number of amides is 1. The van der Waals surface area contributed by atoms with Crippen LogP contribution < -0.4 is 16.9 Å². The van der Waals surface area contributed by atoms with Crippen LogP contribution in [-0.4, -0.2) is 34.6 Å². The van der Waals surface area contributed by atoms with E-state index in [0.717, 1.165) is 15.4 Å². The van der Waals surface area contributed by atoms with Crippen molar-refractivity contribution in [2.75, 3.05) is 0 Å². The first kappa shape index (κ1) is 18.1. The molecule has 10 heteroatoms. The van der Waals surface area contributed by atoms with E-state index in [1.165, 1.54) is 18.2 Å². The molecule has 0 fully saturated rings. The molecule has 0 bridgehead atoms. The van der Waals surface area contributed by atoms with Gasteiger partial charge in [0, 0.05) is 6.54 Å². The van der Waals surface area contributed by atoms with Gasteiger partial charge in [0.1, 0.15) is 6.04 Å². The summed E-state index contributed by atoms with van der Waals surface area (Å²) in [7, 11) is -4.09. The number of fused-ring (bicyclic) bond motifs is 2. The molecule has 0 spiro atoms. The van der Waals surface area contributed by atoms with Crippen LogP contribution >= 0.6 is 0 Å². The van der Waals surface area contributed by atoms with E-state index in [9.17, 15) is 22.8 Å². The second-order valence-corrected chi connectivity index (χ2v) is 8.45. The van der Waals surface area contributed by atoms with E-state index >= 15 is 0 Å². The van der Waals surface area contributed by atoms with E-state index in [1.807, 2.05) is 12.1 Å². The Balaban J connectivity index is 1.83. The largest absolute Gasteiger partial charge is 0.368 e. The number of carbonyl (C=O) groups excluding carboxylic acids is 1. The number of hydrogen-bond donors (Lipinski definition) is 3. The van der Waals surface area contributed by atoms with Gasteiger partial charge in [-0.15, -0.1) is 0 Å². The van der Waals surface area contributed by atoms with Gasteiger partial charge >= 0.3 is 11.1 Å². The van der Waals surface area contributed by atoms with Gasteiger partial charge in [0.05, 0.1) is 15.9 Å². The standard InChI is InChI=1S/C18H16N4O5S/c19-16(23)15-7-10-3-1-2-4-11(10)9-22(15)28(26,27)12-5-6-13-14(8-12)21-18(25)17(24)20-13/h1-6,8,15H,7,9H2,(H2,19,23)(H,20,24)(H,21,25)/t15-/m0/s1. The molecule has 9 nitrogen and oxygen atoms in total. The summed E-state index contributed by atoms with van der Waals surface area (Å²) in [6, 6.07) is 10.2. The maximum atomic E-state index is 13.3. The van der Waals surface area contributed by atoms with Crippen molar-refractivity contribution in [3.63, 3.8) is 0 Å². The number of nitrogens with zero attached hydrogens (tertiary/aromatic N) is 1. The van der Waals surface area contributed by atoms with Gasteiger partial charge in [0.15, 0.2) is 0 Å². The van der Waals surface area contributed by atoms with Crippen molar-refractivity contribution < 1.29 is 13.2 Å². The van der Waals surface area contributed by atoms with Gasteiger partial charge in [-0.25, -0.2) is 8.42 Å². The predicted octanol–water partition coefficient (Wildman–Crippen LogP) is -0.183. The number of aromatic nitrogens is 2. The molecule has 0 saturated carbocycles. The smallest absolute Gasteiger partial charge is 0.314 e. The Hall–Kier alpha value is -3.24. The molecule has 1 atom stereocenters. The molecule has 1 aliphatic rings. The topological polar surface area (TPSA) is 146 Å². The Morgan fingerprint density at radius 1 is 1.00 bits per heavy atom. The summed E-state index contributed by atoms with van der Waals surface area (Å²) in [6.45, 7) is 0.00624. The fourth-order valence-electron chi connectivity index (χ4n) is 3.38. The third-order valence-electron chi connectivity index (χ3n) is 4.83. The summed E-state index contributed by atoms with van der Waals surface area (Å²) in [4.78, 5) is 39.6. The van der Waals surface area contributed by atoms with Crippen molar-refractivity contribution >= 4 is 27.0 Å². The van der Waals surface area contributed by atoms with Crippen LogP contribution in [0.5, 0.6) is 0 Å². The van der Waals surface area contributed by atoms with E-state index < -0.39 is 33.1 Å². The quantitative estimate of drug-likeness (QED) is 0.522.